The molecule has 0 aromatic rings. The maximum Gasteiger partial charge on any atom is 0.333 e. The van der Waals surface area contributed by atoms with Gasteiger partial charge in [0.05, 0.1) is 5.92 Å². The van der Waals surface area contributed by atoms with Crippen molar-refractivity contribution in [2.75, 3.05) is 0 Å². The highest BCUT2D eigenvalue weighted by atomic mass is 16.6. The number of carbonyl (C=O) groups excluding carboxylic acids is 2. The molecule has 1 heterocycles. The molecule has 18 heavy (non-hydrogen) atoms. The number of hydrogen-bond donors (Lipinski definition) is 0. The average Bonchev–Trinajstić information content (AvgIpc) is 2.81. The molecule has 3 rings (SSSR count). The molecule has 4 nitrogen and oxygen atoms in total. The first kappa shape index (κ1) is 11.8. The monoisotopic (exact) mass is 250 g/mol. The summed E-state index contributed by atoms with van der Waals surface area (Å²) in [4.78, 5) is 23.6. The minimum atomic E-state index is -0.386. The predicted molar refractivity (Wildman–Crippen MR) is 63.4 cm³/mol. The third-order valence-corrected chi connectivity index (χ3v) is 4.95. The first-order valence-electron chi connectivity index (χ1n) is 6.41. The maximum atomic E-state index is 11.9. The van der Waals surface area contributed by atoms with Crippen LogP contribution in [0.15, 0.2) is 12.2 Å². The average molecular weight is 250 g/mol. The summed E-state index contributed by atoms with van der Waals surface area (Å²) in [7, 11) is 0. The van der Waals surface area contributed by atoms with Gasteiger partial charge in [-0.2, -0.15) is 0 Å². The highest BCUT2D eigenvalue weighted by Crippen LogP contribution is 2.64. The molecule has 0 aromatic heterocycles. The second kappa shape index (κ2) is 3.37. The maximum absolute atomic E-state index is 11.9. The van der Waals surface area contributed by atoms with E-state index >= 15 is 0 Å². The van der Waals surface area contributed by atoms with Crippen molar-refractivity contribution in [3.8, 4) is 0 Å². The van der Waals surface area contributed by atoms with Crippen molar-refractivity contribution in [2.45, 2.75) is 39.4 Å². The van der Waals surface area contributed by atoms with Gasteiger partial charge in [0.2, 0.25) is 0 Å². The van der Waals surface area contributed by atoms with E-state index in [2.05, 4.69) is 20.4 Å². The van der Waals surface area contributed by atoms with Crippen LogP contribution in [0.2, 0.25) is 0 Å². The number of esters is 2. The van der Waals surface area contributed by atoms with Crippen LogP contribution in [0.5, 0.6) is 0 Å². The van der Waals surface area contributed by atoms with Gasteiger partial charge >= 0.3 is 11.9 Å². The lowest BCUT2D eigenvalue weighted by Gasteiger charge is -2.37. The molecule has 0 radical (unpaired) electrons. The molecular formula is C14H18O4. The van der Waals surface area contributed by atoms with Crippen LogP contribution in [-0.4, -0.2) is 24.1 Å². The molecule has 2 aliphatic carbocycles. The summed E-state index contributed by atoms with van der Waals surface area (Å²) in [5, 5.41) is 0. The normalized spacial score (nSPS) is 42.8. The fraction of sp³-hybridized carbons (Fsp3) is 0.714. The minimum Gasteiger partial charge on any atom is -0.458 e. The van der Waals surface area contributed by atoms with Gasteiger partial charge in [-0.1, -0.05) is 20.4 Å². The minimum absolute atomic E-state index is 0.0210. The molecule has 3 aliphatic rings. The van der Waals surface area contributed by atoms with E-state index in [-0.39, 0.29) is 47.3 Å². The summed E-state index contributed by atoms with van der Waals surface area (Å²) in [6, 6.07) is 0. The molecule has 2 saturated carbocycles. The molecule has 98 valence electrons. The largest absolute Gasteiger partial charge is 0.458 e. The second-order valence-electron chi connectivity index (χ2n) is 6.36. The summed E-state index contributed by atoms with van der Waals surface area (Å²) < 4.78 is 10.9. The molecule has 0 spiro atoms. The van der Waals surface area contributed by atoms with Crippen LogP contribution in [0.1, 0.15) is 27.2 Å². The summed E-state index contributed by atoms with van der Waals surface area (Å²) in [5.41, 5.74) is 0.242. The molecule has 5 unspecified atom stereocenters. The van der Waals surface area contributed by atoms with E-state index in [1.54, 1.807) is 6.92 Å². The SMILES string of the molecule is C=C(C)C(=O)OC1C2OC(=O)C3C2CC1C3(C)C. The van der Waals surface area contributed by atoms with Crippen molar-refractivity contribution in [1.29, 1.82) is 0 Å². The lowest BCUT2D eigenvalue weighted by atomic mass is 9.68. The van der Waals surface area contributed by atoms with E-state index in [1.807, 2.05) is 0 Å². The fourth-order valence-electron chi connectivity index (χ4n) is 4.08. The Morgan fingerprint density at radius 3 is 2.78 bits per heavy atom. The van der Waals surface area contributed by atoms with Crippen molar-refractivity contribution < 1.29 is 19.1 Å². The van der Waals surface area contributed by atoms with Crippen molar-refractivity contribution in [3.63, 3.8) is 0 Å². The lowest BCUT2D eigenvalue weighted by Crippen LogP contribution is -2.44. The molecule has 0 amide bonds. The van der Waals surface area contributed by atoms with Crippen LogP contribution in [0, 0.1) is 23.2 Å². The smallest absolute Gasteiger partial charge is 0.333 e. The molecule has 5 atom stereocenters. The van der Waals surface area contributed by atoms with Crippen LogP contribution < -0.4 is 0 Å². The topological polar surface area (TPSA) is 52.6 Å². The van der Waals surface area contributed by atoms with Crippen molar-refractivity contribution >= 4 is 11.9 Å². The van der Waals surface area contributed by atoms with Gasteiger partial charge in [0.15, 0.2) is 0 Å². The fourth-order valence-corrected chi connectivity index (χ4v) is 4.08. The van der Waals surface area contributed by atoms with Gasteiger partial charge in [-0.3, -0.25) is 4.79 Å². The van der Waals surface area contributed by atoms with Gasteiger partial charge in [-0.15, -0.1) is 0 Å². The van der Waals surface area contributed by atoms with E-state index < -0.39 is 0 Å². The molecule has 2 bridgehead atoms. The lowest BCUT2D eigenvalue weighted by molar-refractivity contribution is -0.159. The summed E-state index contributed by atoms with van der Waals surface area (Å²) in [6.45, 7) is 9.37. The first-order chi connectivity index (χ1) is 8.34. The molecule has 3 fully saturated rings. The summed E-state index contributed by atoms with van der Waals surface area (Å²) in [5.74, 6) is -0.0887. The number of rotatable bonds is 2. The Hall–Kier alpha value is -1.32. The van der Waals surface area contributed by atoms with Crippen molar-refractivity contribution in [2.24, 2.45) is 23.2 Å². The molecule has 0 aromatic carbocycles. The van der Waals surface area contributed by atoms with Gasteiger partial charge in [-0.25, -0.2) is 4.79 Å². The first-order valence-corrected chi connectivity index (χ1v) is 6.41. The standard InChI is InChI=1S/C14H18O4/c1-6(2)12(15)18-11-8-5-7-9(14(8,3)4)13(16)17-10(7)11/h7-11H,1,5H2,2-4H3. The molecule has 1 saturated heterocycles. The van der Waals surface area contributed by atoms with Gasteiger partial charge < -0.3 is 9.47 Å². The zero-order valence-corrected chi connectivity index (χ0v) is 10.9. The van der Waals surface area contributed by atoms with E-state index in [0.29, 0.717) is 5.57 Å². The second-order valence-corrected chi connectivity index (χ2v) is 6.36. The van der Waals surface area contributed by atoms with Crippen LogP contribution in [-0.2, 0) is 19.1 Å². The highest BCUT2D eigenvalue weighted by Gasteiger charge is 2.71. The highest BCUT2D eigenvalue weighted by molar-refractivity contribution is 5.87. The zero-order valence-electron chi connectivity index (χ0n) is 10.9. The Kier molecular flexibility index (Phi) is 2.20. The molecule has 1 aliphatic heterocycles. The van der Waals surface area contributed by atoms with Gasteiger partial charge in [0, 0.05) is 17.4 Å². The van der Waals surface area contributed by atoms with Crippen LogP contribution in [0.3, 0.4) is 0 Å². The Labute approximate surface area is 106 Å². The Morgan fingerprint density at radius 1 is 1.50 bits per heavy atom. The van der Waals surface area contributed by atoms with Gasteiger partial charge in [0.1, 0.15) is 12.2 Å². The van der Waals surface area contributed by atoms with E-state index in [9.17, 15) is 9.59 Å². The van der Waals surface area contributed by atoms with Gasteiger partial charge in [-0.05, 0) is 18.8 Å². The Bertz CT molecular complexity index is 451. The number of ether oxygens (including phenoxy) is 2. The quantitative estimate of drug-likeness (QED) is 0.553. The van der Waals surface area contributed by atoms with Crippen molar-refractivity contribution in [3.05, 3.63) is 12.2 Å². The summed E-state index contributed by atoms with van der Waals surface area (Å²) >= 11 is 0. The van der Waals surface area contributed by atoms with E-state index in [4.69, 9.17) is 9.47 Å². The Morgan fingerprint density at radius 2 is 2.17 bits per heavy atom. The van der Waals surface area contributed by atoms with Crippen LogP contribution >= 0.6 is 0 Å². The zero-order chi connectivity index (χ0) is 13.2. The third kappa shape index (κ3) is 1.26. The van der Waals surface area contributed by atoms with E-state index in [1.165, 1.54) is 0 Å². The molecule has 4 heteroatoms. The summed E-state index contributed by atoms with van der Waals surface area (Å²) in [6.07, 6.45) is 0.392. The number of fused-ring (bicyclic) bond motifs is 1. The number of carbonyl (C=O) groups is 2. The van der Waals surface area contributed by atoms with E-state index in [0.717, 1.165) is 6.42 Å². The third-order valence-electron chi connectivity index (χ3n) is 4.95. The van der Waals surface area contributed by atoms with Gasteiger partial charge in [0.25, 0.3) is 0 Å². The number of hydrogen-bond acceptors (Lipinski definition) is 4. The predicted octanol–water partition coefficient (Wildman–Crippen LogP) is 1.69. The molecule has 0 N–H and O–H groups in total. The molecular weight excluding hydrogens is 232 g/mol. The van der Waals surface area contributed by atoms with Crippen molar-refractivity contribution in [1.82, 2.24) is 0 Å². The van der Waals surface area contributed by atoms with Crippen LogP contribution in [0.25, 0.3) is 0 Å². The van der Waals surface area contributed by atoms with Crippen LogP contribution in [0.4, 0.5) is 0 Å². The Balaban J connectivity index is 1.89.